The zero-order valence-electron chi connectivity index (χ0n) is 19.4. The lowest BCUT2D eigenvalue weighted by atomic mass is 9.96. The third-order valence-corrected chi connectivity index (χ3v) is 5.93. The molecular weight excluding hydrogens is 501 g/mol. The molecule has 172 valence electrons. The fourth-order valence-electron chi connectivity index (χ4n) is 3.94. The Labute approximate surface area is 204 Å². The second-order valence-corrected chi connectivity index (χ2v) is 8.21. The number of likely N-dealkylation sites (N-methyl/N-ethyl adjacent to an activating group) is 1. The van der Waals surface area contributed by atoms with Crippen molar-refractivity contribution in [3.63, 3.8) is 0 Å². The molecule has 0 radical (unpaired) electrons. The van der Waals surface area contributed by atoms with Gasteiger partial charge in [-0.25, -0.2) is 4.99 Å². The van der Waals surface area contributed by atoms with Crippen LogP contribution in [0.3, 0.4) is 0 Å². The van der Waals surface area contributed by atoms with E-state index in [2.05, 4.69) is 63.8 Å². The number of nitrogens with zero attached hydrogens (tertiary/aromatic N) is 5. The summed E-state index contributed by atoms with van der Waals surface area (Å²) >= 11 is 0. The second-order valence-electron chi connectivity index (χ2n) is 8.21. The molecule has 0 amide bonds. The lowest BCUT2D eigenvalue weighted by Gasteiger charge is -2.27. The summed E-state index contributed by atoms with van der Waals surface area (Å²) < 4.78 is 2.00. The molecule has 2 aromatic rings. The van der Waals surface area contributed by atoms with Crippen molar-refractivity contribution in [3.8, 4) is 0 Å². The van der Waals surface area contributed by atoms with Crippen LogP contribution >= 0.6 is 24.0 Å². The van der Waals surface area contributed by atoms with E-state index in [9.17, 15) is 0 Å². The SMILES string of the molecule is CCN(CCNC(=NCc1nnc(C)n1C)NC1CCCCC1)c1cccc(C)c1.I. The van der Waals surface area contributed by atoms with Crippen LogP contribution in [-0.4, -0.2) is 46.4 Å². The van der Waals surface area contributed by atoms with E-state index < -0.39 is 0 Å². The number of aromatic nitrogens is 3. The Morgan fingerprint density at radius 2 is 1.97 bits per heavy atom. The second kappa shape index (κ2) is 12.9. The number of benzene rings is 1. The maximum Gasteiger partial charge on any atom is 0.191 e. The maximum absolute atomic E-state index is 4.82. The minimum atomic E-state index is 0. The summed E-state index contributed by atoms with van der Waals surface area (Å²) in [5, 5.41) is 15.6. The lowest BCUT2D eigenvalue weighted by molar-refractivity contribution is 0.410. The van der Waals surface area contributed by atoms with Gasteiger partial charge in [-0.15, -0.1) is 34.2 Å². The average Bonchev–Trinajstić information content (AvgIpc) is 3.07. The third-order valence-electron chi connectivity index (χ3n) is 5.93. The van der Waals surface area contributed by atoms with Crippen LogP contribution in [0.15, 0.2) is 29.3 Å². The zero-order chi connectivity index (χ0) is 21.3. The molecule has 1 aromatic carbocycles. The number of aliphatic imine (C=N–C) groups is 1. The molecular formula is C23H38IN7. The molecule has 1 heterocycles. The van der Waals surface area contributed by atoms with Gasteiger partial charge < -0.3 is 20.1 Å². The van der Waals surface area contributed by atoms with E-state index in [4.69, 9.17) is 4.99 Å². The molecule has 2 N–H and O–H groups in total. The van der Waals surface area contributed by atoms with E-state index in [0.29, 0.717) is 12.6 Å². The minimum absolute atomic E-state index is 0. The van der Waals surface area contributed by atoms with Gasteiger partial charge in [0.2, 0.25) is 0 Å². The minimum Gasteiger partial charge on any atom is -0.370 e. The van der Waals surface area contributed by atoms with Crippen LogP contribution in [0.4, 0.5) is 5.69 Å². The monoisotopic (exact) mass is 539 g/mol. The largest absolute Gasteiger partial charge is 0.370 e. The van der Waals surface area contributed by atoms with Crippen molar-refractivity contribution in [2.75, 3.05) is 24.5 Å². The molecule has 0 bridgehead atoms. The lowest BCUT2D eigenvalue weighted by Crippen LogP contribution is -2.46. The van der Waals surface area contributed by atoms with E-state index in [1.807, 2.05) is 18.5 Å². The van der Waals surface area contributed by atoms with Gasteiger partial charge in [-0.3, -0.25) is 0 Å². The van der Waals surface area contributed by atoms with Crippen molar-refractivity contribution in [2.24, 2.45) is 12.0 Å². The summed E-state index contributed by atoms with van der Waals surface area (Å²) in [4.78, 5) is 7.22. The highest BCUT2D eigenvalue weighted by molar-refractivity contribution is 14.0. The van der Waals surface area contributed by atoms with Crippen molar-refractivity contribution in [1.29, 1.82) is 0 Å². The van der Waals surface area contributed by atoms with Gasteiger partial charge in [0.05, 0.1) is 0 Å². The molecule has 1 fully saturated rings. The van der Waals surface area contributed by atoms with Crippen molar-refractivity contribution >= 4 is 35.6 Å². The van der Waals surface area contributed by atoms with E-state index in [1.54, 1.807) is 0 Å². The van der Waals surface area contributed by atoms with Crippen LogP contribution in [0.1, 0.15) is 56.2 Å². The van der Waals surface area contributed by atoms with Crippen molar-refractivity contribution in [2.45, 2.75) is 65.5 Å². The fraction of sp³-hybridized carbons (Fsp3) is 0.609. The van der Waals surface area contributed by atoms with Crippen molar-refractivity contribution in [1.82, 2.24) is 25.4 Å². The van der Waals surface area contributed by atoms with Crippen LogP contribution < -0.4 is 15.5 Å². The quantitative estimate of drug-likeness (QED) is 0.302. The molecule has 0 unspecified atom stereocenters. The van der Waals surface area contributed by atoms with Crippen LogP contribution in [0.5, 0.6) is 0 Å². The number of hydrogen-bond donors (Lipinski definition) is 2. The van der Waals surface area contributed by atoms with E-state index in [-0.39, 0.29) is 24.0 Å². The third kappa shape index (κ3) is 7.66. The number of rotatable bonds is 8. The first-order valence-electron chi connectivity index (χ1n) is 11.3. The predicted octanol–water partition coefficient (Wildman–Crippen LogP) is 3.94. The van der Waals surface area contributed by atoms with Gasteiger partial charge in [-0.2, -0.15) is 0 Å². The van der Waals surface area contributed by atoms with Crippen molar-refractivity contribution < 1.29 is 0 Å². The molecule has 1 aliphatic rings. The Morgan fingerprint density at radius 1 is 1.19 bits per heavy atom. The molecule has 0 spiro atoms. The summed E-state index contributed by atoms with van der Waals surface area (Å²) in [6.07, 6.45) is 6.37. The molecule has 0 aliphatic heterocycles. The standard InChI is InChI=1S/C23H37N7.HI/c1-5-30(21-13-9-10-18(2)16-21)15-14-24-23(26-20-11-7-6-8-12-20)25-17-22-28-27-19(3)29(22)4;/h9-10,13,16,20H,5-8,11-12,14-15,17H2,1-4H3,(H2,24,25,26);1H. The smallest absolute Gasteiger partial charge is 0.191 e. The van der Waals surface area contributed by atoms with Gasteiger partial charge in [0.15, 0.2) is 11.8 Å². The summed E-state index contributed by atoms with van der Waals surface area (Å²) in [5.74, 6) is 2.67. The number of halogens is 1. The topological polar surface area (TPSA) is 70.4 Å². The summed E-state index contributed by atoms with van der Waals surface area (Å²) in [6.45, 7) is 9.56. The first-order valence-corrected chi connectivity index (χ1v) is 11.3. The van der Waals surface area contributed by atoms with Gasteiger partial charge in [-0.1, -0.05) is 31.4 Å². The molecule has 0 atom stereocenters. The molecule has 1 aliphatic carbocycles. The van der Waals surface area contributed by atoms with Gasteiger partial charge >= 0.3 is 0 Å². The fourth-order valence-corrected chi connectivity index (χ4v) is 3.94. The predicted molar refractivity (Wildman–Crippen MR) is 139 cm³/mol. The van der Waals surface area contributed by atoms with Gasteiger partial charge in [-0.05, 0) is 51.3 Å². The zero-order valence-corrected chi connectivity index (χ0v) is 21.7. The number of nitrogens with one attached hydrogen (secondary N) is 2. The Kier molecular flexibility index (Phi) is 10.6. The molecule has 8 heteroatoms. The number of guanidine groups is 1. The first kappa shape index (κ1) is 25.4. The van der Waals surface area contributed by atoms with E-state index in [0.717, 1.165) is 37.2 Å². The summed E-state index contributed by atoms with van der Waals surface area (Å²) in [5.41, 5.74) is 2.56. The molecule has 7 nitrogen and oxygen atoms in total. The highest BCUT2D eigenvalue weighted by atomic mass is 127. The van der Waals surface area contributed by atoms with Crippen molar-refractivity contribution in [3.05, 3.63) is 41.5 Å². The van der Waals surface area contributed by atoms with E-state index in [1.165, 1.54) is 43.4 Å². The Balaban J connectivity index is 0.00000341. The highest BCUT2D eigenvalue weighted by Crippen LogP contribution is 2.17. The van der Waals surface area contributed by atoms with Gasteiger partial charge in [0, 0.05) is 38.4 Å². The van der Waals surface area contributed by atoms with Crippen LogP contribution in [0.2, 0.25) is 0 Å². The van der Waals surface area contributed by atoms with Gasteiger partial charge in [0.25, 0.3) is 0 Å². The maximum atomic E-state index is 4.82. The van der Waals surface area contributed by atoms with Gasteiger partial charge in [0.1, 0.15) is 12.4 Å². The number of hydrogen-bond acceptors (Lipinski definition) is 4. The summed E-state index contributed by atoms with van der Waals surface area (Å²) in [7, 11) is 1.99. The molecule has 3 rings (SSSR count). The Bertz CT molecular complexity index is 827. The van der Waals surface area contributed by atoms with Crippen LogP contribution in [0.25, 0.3) is 0 Å². The Morgan fingerprint density at radius 3 is 2.61 bits per heavy atom. The van der Waals surface area contributed by atoms with Crippen LogP contribution in [-0.2, 0) is 13.6 Å². The highest BCUT2D eigenvalue weighted by Gasteiger charge is 2.15. The van der Waals surface area contributed by atoms with E-state index >= 15 is 0 Å². The number of anilines is 1. The molecule has 1 saturated carbocycles. The number of aryl methyl sites for hydroxylation is 2. The molecule has 0 saturated heterocycles. The van der Waals surface area contributed by atoms with Crippen LogP contribution in [0, 0.1) is 13.8 Å². The summed E-state index contributed by atoms with van der Waals surface area (Å²) in [6, 6.07) is 9.20. The molecule has 31 heavy (non-hydrogen) atoms. The molecule has 1 aromatic heterocycles. The Hall–Kier alpha value is -1.84. The first-order chi connectivity index (χ1) is 14.6. The normalized spacial score (nSPS) is 14.8. The average molecular weight is 540 g/mol.